The number of anilines is 1. The van der Waals surface area contributed by atoms with Crippen LogP contribution in [0, 0.1) is 0 Å². The van der Waals surface area contributed by atoms with Crippen LogP contribution in [0.1, 0.15) is 26.3 Å². The van der Waals surface area contributed by atoms with Gasteiger partial charge < -0.3 is 10.2 Å². The van der Waals surface area contributed by atoms with Crippen LogP contribution in [0.5, 0.6) is 0 Å². The summed E-state index contributed by atoms with van der Waals surface area (Å²) in [5.74, 6) is -0.111. The Morgan fingerprint density at radius 1 is 1.05 bits per heavy atom. The number of aldehydes is 1. The number of benzene rings is 2. The fraction of sp³-hybridized carbons (Fsp3) is 0.176. The molecule has 0 saturated heterocycles. The highest BCUT2D eigenvalue weighted by Crippen LogP contribution is 2.12. The smallest absolute Gasteiger partial charge is 0.251 e. The molecule has 0 heterocycles. The average molecular weight is 282 g/mol. The molecule has 0 aliphatic heterocycles. The van der Waals surface area contributed by atoms with Crippen LogP contribution in [0.3, 0.4) is 0 Å². The minimum absolute atomic E-state index is 0.111. The molecule has 0 fully saturated rings. The van der Waals surface area contributed by atoms with Gasteiger partial charge in [0.2, 0.25) is 0 Å². The van der Waals surface area contributed by atoms with Gasteiger partial charge in [0.25, 0.3) is 5.91 Å². The van der Waals surface area contributed by atoms with E-state index in [-0.39, 0.29) is 5.91 Å². The highest BCUT2D eigenvalue weighted by Gasteiger charge is 2.05. The van der Waals surface area contributed by atoms with E-state index >= 15 is 0 Å². The van der Waals surface area contributed by atoms with Gasteiger partial charge in [0.05, 0.1) is 0 Å². The summed E-state index contributed by atoms with van der Waals surface area (Å²) in [5.41, 5.74) is 3.27. The summed E-state index contributed by atoms with van der Waals surface area (Å²) >= 11 is 0. The van der Waals surface area contributed by atoms with Gasteiger partial charge in [0.1, 0.15) is 6.29 Å². The Labute approximate surface area is 124 Å². The first kappa shape index (κ1) is 14.8. The normalized spacial score (nSPS) is 10.0. The van der Waals surface area contributed by atoms with Crippen molar-refractivity contribution in [3.8, 4) is 0 Å². The number of carbonyl (C=O) groups excluding carboxylic acids is 2. The molecule has 0 saturated carbocycles. The maximum absolute atomic E-state index is 12.0. The van der Waals surface area contributed by atoms with Crippen molar-refractivity contribution < 1.29 is 9.59 Å². The van der Waals surface area contributed by atoms with Crippen molar-refractivity contribution in [2.24, 2.45) is 0 Å². The molecule has 0 aliphatic carbocycles. The van der Waals surface area contributed by atoms with E-state index in [1.54, 1.807) is 24.3 Å². The molecule has 0 unspecified atom stereocenters. The molecular formula is C17H18N2O2. The molecule has 0 aromatic heterocycles. The van der Waals surface area contributed by atoms with Crippen molar-refractivity contribution in [1.82, 2.24) is 5.32 Å². The standard InChI is InChI=1S/C17H18N2O2/c1-19(2)16-9-7-15(8-10-16)17(21)18-11-13-3-5-14(12-20)6-4-13/h3-10,12H,11H2,1-2H3,(H,18,21). The number of nitrogens with one attached hydrogen (secondary N) is 1. The van der Waals surface area contributed by atoms with E-state index in [2.05, 4.69) is 5.32 Å². The van der Waals surface area contributed by atoms with Gasteiger partial charge in [-0.25, -0.2) is 0 Å². The summed E-state index contributed by atoms with van der Waals surface area (Å²) < 4.78 is 0. The van der Waals surface area contributed by atoms with E-state index in [1.807, 2.05) is 43.3 Å². The molecule has 2 aromatic rings. The molecule has 4 heteroatoms. The monoisotopic (exact) mass is 282 g/mol. The Kier molecular flexibility index (Phi) is 4.72. The summed E-state index contributed by atoms with van der Waals surface area (Å²) in [6.07, 6.45) is 0.800. The van der Waals surface area contributed by atoms with E-state index in [1.165, 1.54) is 0 Å². The third-order valence-electron chi connectivity index (χ3n) is 3.21. The van der Waals surface area contributed by atoms with Crippen LogP contribution in [0.25, 0.3) is 0 Å². The molecule has 2 aromatic carbocycles. The van der Waals surface area contributed by atoms with Crippen molar-refractivity contribution in [2.45, 2.75) is 6.54 Å². The molecule has 0 spiro atoms. The highest BCUT2D eigenvalue weighted by atomic mass is 16.1. The van der Waals surface area contributed by atoms with Crippen molar-refractivity contribution in [1.29, 1.82) is 0 Å². The molecule has 108 valence electrons. The number of amides is 1. The highest BCUT2D eigenvalue weighted by molar-refractivity contribution is 5.94. The SMILES string of the molecule is CN(C)c1ccc(C(=O)NCc2ccc(C=O)cc2)cc1. The number of rotatable bonds is 5. The molecule has 4 nitrogen and oxygen atoms in total. The summed E-state index contributed by atoms with van der Waals surface area (Å²) in [5, 5.41) is 2.86. The zero-order valence-electron chi connectivity index (χ0n) is 12.2. The van der Waals surface area contributed by atoms with Crippen LogP contribution in [0.4, 0.5) is 5.69 Å². The van der Waals surface area contributed by atoms with Crippen molar-refractivity contribution in [2.75, 3.05) is 19.0 Å². The van der Waals surface area contributed by atoms with Gasteiger partial charge in [-0.15, -0.1) is 0 Å². The van der Waals surface area contributed by atoms with Gasteiger partial charge in [0, 0.05) is 37.5 Å². The van der Waals surface area contributed by atoms with Crippen LogP contribution in [-0.4, -0.2) is 26.3 Å². The first-order chi connectivity index (χ1) is 10.1. The van der Waals surface area contributed by atoms with Crippen LogP contribution in [0.15, 0.2) is 48.5 Å². The second-order valence-electron chi connectivity index (χ2n) is 4.98. The van der Waals surface area contributed by atoms with Gasteiger partial charge in [-0.1, -0.05) is 24.3 Å². The Balaban J connectivity index is 1.95. The van der Waals surface area contributed by atoms with E-state index < -0.39 is 0 Å². The number of hydrogen-bond acceptors (Lipinski definition) is 3. The summed E-state index contributed by atoms with van der Waals surface area (Å²) in [6, 6.07) is 14.6. The third kappa shape index (κ3) is 3.92. The summed E-state index contributed by atoms with van der Waals surface area (Å²) in [7, 11) is 3.91. The van der Waals surface area contributed by atoms with Crippen LogP contribution in [0.2, 0.25) is 0 Å². The van der Waals surface area contributed by atoms with Gasteiger partial charge in [-0.2, -0.15) is 0 Å². The number of carbonyl (C=O) groups is 2. The van der Waals surface area contributed by atoms with Gasteiger partial charge in [-0.05, 0) is 29.8 Å². The van der Waals surface area contributed by atoms with Gasteiger partial charge >= 0.3 is 0 Å². The number of hydrogen-bond donors (Lipinski definition) is 1. The largest absolute Gasteiger partial charge is 0.378 e. The molecule has 1 amide bonds. The lowest BCUT2D eigenvalue weighted by Crippen LogP contribution is -2.22. The van der Waals surface area contributed by atoms with Crippen LogP contribution in [-0.2, 0) is 6.54 Å². The van der Waals surface area contributed by atoms with Crippen LogP contribution < -0.4 is 10.2 Å². The fourth-order valence-corrected chi connectivity index (χ4v) is 1.91. The van der Waals surface area contributed by atoms with Gasteiger partial charge in [0.15, 0.2) is 0 Å². The lowest BCUT2D eigenvalue weighted by molar-refractivity contribution is 0.0950. The van der Waals surface area contributed by atoms with Crippen molar-refractivity contribution >= 4 is 17.9 Å². The average Bonchev–Trinajstić information content (AvgIpc) is 2.53. The quantitative estimate of drug-likeness (QED) is 0.857. The fourth-order valence-electron chi connectivity index (χ4n) is 1.91. The first-order valence-corrected chi connectivity index (χ1v) is 6.70. The maximum atomic E-state index is 12.0. The second-order valence-corrected chi connectivity index (χ2v) is 4.98. The van der Waals surface area contributed by atoms with Crippen molar-refractivity contribution in [3.63, 3.8) is 0 Å². The van der Waals surface area contributed by atoms with E-state index in [0.717, 1.165) is 17.5 Å². The first-order valence-electron chi connectivity index (χ1n) is 6.70. The molecular weight excluding hydrogens is 264 g/mol. The summed E-state index contributed by atoms with van der Waals surface area (Å²) in [4.78, 5) is 24.6. The second kappa shape index (κ2) is 6.70. The minimum Gasteiger partial charge on any atom is -0.378 e. The van der Waals surface area contributed by atoms with Crippen molar-refractivity contribution in [3.05, 3.63) is 65.2 Å². The zero-order valence-corrected chi connectivity index (χ0v) is 12.2. The molecule has 1 N–H and O–H groups in total. The molecule has 0 radical (unpaired) electrons. The minimum atomic E-state index is -0.111. The zero-order chi connectivity index (χ0) is 15.2. The van der Waals surface area contributed by atoms with Gasteiger partial charge in [-0.3, -0.25) is 9.59 Å². The molecule has 21 heavy (non-hydrogen) atoms. The molecule has 0 aliphatic rings. The van der Waals surface area contributed by atoms with E-state index in [0.29, 0.717) is 17.7 Å². The predicted molar refractivity (Wildman–Crippen MR) is 83.8 cm³/mol. The number of nitrogens with zero attached hydrogens (tertiary/aromatic N) is 1. The lowest BCUT2D eigenvalue weighted by atomic mass is 10.1. The Morgan fingerprint density at radius 3 is 2.19 bits per heavy atom. The Hall–Kier alpha value is -2.62. The lowest BCUT2D eigenvalue weighted by Gasteiger charge is -2.12. The Morgan fingerprint density at radius 2 is 1.67 bits per heavy atom. The maximum Gasteiger partial charge on any atom is 0.251 e. The molecule has 2 rings (SSSR count). The molecule has 0 bridgehead atoms. The molecule has 0 atom stereocenters. The Bertz CT molecular complexity index is 616. The van der Waals surface area contributed by atoms with E-state index in [9.17, 15) is 9.59 Å². The topological polar surface area (TPSA) is 49.4 Å². The van der Waals surface area contributed by atoms with E-state index in [4.69, 9.17) is 0 Å². The summed E-state index contributed by atoms with van der Waals surface area (Å²) in [6.45, 7) is 0.438. The predicted octanol–water partition coefficient (Wildman–Crippen LogP) is 2.50. The van der Waals surface area contributed by atoms with Crippen LogP contribution >= 0.6 is 0 Å². The third-order valence-corrected chi connectivity index (χ3v) is 3.21.